The molecule has 1 N–H and O–H groups in total. The van der Waals surface area contributed by atoms with Crippen LogP contribution in [0.15, 0.2) is 60.1 Å². The maximum absolute atomic E-state index is 12.6. The molecule has 0 amide bonds. The summed E-state index contributed by atoms with van der Waals surface area (Å²) in [5.74, 6) is -0.841. The molecule has 4 aromatic rings. The summed E-state index contributed by atoms with van der Waals surface area (Å²) in [6, 6.07) is 15.5. The van der Waals surface area contributed by atoms with Gasteiger partial charge in [-0.05, 0) is 12.0 Å². The van der Waals surface area contributed by atoms with Crippen LogP contribution in [0, 0.1) is 0 Å². The number of carbonyl (C=O) groups is 2. The first-order valence-corrected chi connectivity index (χ1v) is 9.85. The van der Waals surface area contributed by atoms with E-state index in [2.05, 4.69) is 16.9 Å². The zero-order chi connectivity index (χ0) is 19.5. The van der Waals surface area contributed by atoms with Gasteiger partial charge in [-0.15, -0.1) is 11.3 Å². The summed E-state index contributed by atoms with van der Waals surface area (Å²) < 4.78 is 5.21. The number of para-hydroxylation sites is 1. The van der Waals surface area contributed by atoms with Crippen molar-refractivity contribution in [2.75, 3.05) is 6.61 Å². The molecule has 2 aromatic heterocycles. The van der Waals surface area contributed by atoms with Crippen LogP contribution in [0.1, 0.15) is 33.3 Å². The number of rotatable bonds is 6. The zero-order valence-corrected chi connectivity index (χ0v) is 16.1. The highest BCUT2D eigenvalue weighted by atomic mass is 32.1. The monoisotopic (exact) mass is 390 g/mol. The summed E-state index contributed by atoms with van der Waals surface area (Å²) in [7, 11) is 0. The van der Waals surface area contributed by atoms with Crippen LogP contribution in [0.5, 0.6) is 0 Å². The normalized spacial score (nSPS) is 10.9. The van der Waals surface area contributed by atoms with E-state index in [9.17, 15) is 9.59 Å². The molecule has 0 aliphatic carbocycles. The summed E-state index contributed by atoms with van der Waals surface area (Å²) in [5.41, 5.74) is 3.77. The third-order valence-corrected chi connectivity index (χ3v) is 5.44. The molecule has 0 aliphatic heterocycles. The number of carbonyl (C=O) groups excluding carboxylic acids is 2. The number of fused-ring (bicyclic) bond motifs is 1. The Morgan fingerprint density at radius 1 is 1.11 bits per heavy atom. The van der Waals surface area contributed by atoms with Crippen LogP contribution < -0.4 is 0 Å². The van der Waals surface area contributed by atoms with Gasteiger partial charge in [0.2, 0.25) is 5.78 Å². The van der Waals surface area contributed by atoms with Crippen LogP contribution in [-0.4, -0.2) is 28.3 Å². The van der Waals surface area contributed by atoms with E-state index >= 15 is 0 Å². The number of thiazole rings is 1. The highest BCUT2D eigenvalue weighted by Gasteiger charge is 2.18. The summed E-state index contributed by atoms with van der Waals surface area (Å²) in [5, 5.41) is 3.23. The minimum Gasteiger partial charge on any atom is -0.453 e. The van der Waals surface area contributed by atoms with Crippen LogP contribution in [0.25, 0.3) is 21.5 Å². The third kappa shape index (κ3) is 3.46. The van der Waals surface area contributed by atoms with Crippen molar-refractivity contribution in [2.45, 2.75) is 13.3 Å². The van der Waals surface area contributed by atoms with Crippen LogP contribution in [0.4, 0.5) is 0 Å². The van der Waals surface area contributed by atoms with Crippen molar-refractivity contribution < 1.29 is 14.3 Å². The fourth-order valence-corrected chi connectivity index (χ4v) is 3.90. The Bertz CT molecular complexity index is 1150. The lowest BCUT2D eigenvalue weighted by Crippen LogP contribution is -2.14. The molecule has 140 valence electrons. The molecular formula is C22H18N2O3S. The number of nitrogens with zero attached hydrogens (tertiary/aromatic N) is 1. The van der Waals surface area contributed by atoms with E-state index in [0.717, 1.165) is 33.5 Å². The highest BCUT2D eigenvalue weighted by Crippen LogP contribution is 2.24. The van der Waals surface area contributed by atoms with Gasteiger partial charge in [0.15, 0.2) is 12.3 Å². The third-order valence-electron chi connectivity index (χ3n) is 4.55. The summed E-state index contributed by atoms with van der Waals surface area (Å²) >= 11 is 1.37. The number of ketones is 1. The van der Waals surface area contributed by atoms with E-state index < -0.39 is 5.97 Å². The van der Waals surface area contributed by atoms with Gasteiger partial charge in [-0.25, -0.2) is 9.78 Å². The molecule has 2 heterocycles. The van der Waals surface area contributed by atoms with E-state index in [1.165, 1.54) is 11.3 Å². The van der Waals surface area contributed by atoms with Crippen molar-refractivity contribution in [3.05, 3.63) is 76.9 Å². The maximum atomic E-state index is 12.6. The smallest absolute Gasteiger partial charge is 0.358 e. The number of benzene rings is 2. The summed E-state index contributed by atoms with van der Waals surface area (Å²) in [6.45, 7) is 1.75. The molecule has 4 rings (SSSR count). The van der Waals surface area contributed by atoms with Gasteiger partial charge in [0.25, 0.3) is 0 Å². The van der Waals surface area contributed by atoms with Crippen molar-refractivity contribution in [2.24, 2.45) is 0 Å². The Balaban J connectivity index is 1.46. The molecule has 0 saturated carbocycles. The predicted octanol–water partition coefficient (Wildman–Crippen LogP) is 4.89. The minimum absolute atomic E-state index is 0.212. The highest BCUT2D eigenvalue weighted by molar-refractivity contribution is 7.13. The number of hydrogen-bond donors (Lipinski definition) is 1. The lowest BCUT2D eigenvalue weighted by atomic mass is 10.1. The Morgan fingerprint density at radius 3 is 2.71 bits per heavy atom. The average molecular weight is 390 g/mol. The molecular weight excluding hydrogens is 372 g/mol. The summed E-state index contributed by atoms with van der Waals surface area (Å²) in [6.07, 6.45) is 2.55. The van der Waals surface area contributed by atoms with Crippen molar-refractivity contribution in [1.82, 2.24) is 9.97 Å². The molecule has 0 atom stereocenters. The molecule has 0 bridgehead atoms. The van der Waals surface area contributed by atoms with Crippen LogP contribution in [-0.2, 0) is 11.2 Å². The van der Waals surface area contributed by atoms with E-state index in [4.69, 9.17) is 4.74 Å². The SMILES string of the molecule is CCc1cccc2c(C(=O)COC(=O)c3csc(-c4ccccc4)n3)c[nH]c12. The first-order valence-electron chi connectivity index (χ1n) is 8.97. The second-order valence-corrected chi connectivity index (χ2v) is 7.16. The van der Waals surface area contributed by atoms with Crippen molar-refractivity contribution in [3.63, 3.8) is 0 Å². The topological polar surface area (TPSA) is 72.1 Å². The van der Waals surface area contributed by atoms with Crippen molar-refractivity contribution in [3.8, 4) is 10.6 Å². The molecule has 0 radical (unpaired) electrons. The molecule has 5 nitrogen and oxygen atoms in total. The fraction of sp³-hybridized carbons (Fsp3) is 0.136. The van der Waals surface area contributed by atoms with Gasteiger partial charge in [0.05, 0.1) is 0 Å². The summed E-state index contributed by atoms with van der Waals surface area (Å²) in [4.78, 5) is 32.3. The molecule has 0 fully saturated rings. The predicted molar refractivity (Wildman–Crippen MR) is 110 cm³/mol. The quantitative estimate of drug-likeness (QED) is 0.376. The molecule has 0 spiro atoms. The van der Waals surface area contributed by atoms with Crippen LogP contribution in [0.2, 0.25) is 0 Å². The van der Waals surface area contributed by atoms with Gasteiger partial charge in [-0.1, -0.05) is 55.5 Å². The number of ether oxygens (including phenoxy) is 1. The van der Waals surface area contributed by atoms with Crippen LogP contribution >= 0.6 is 11.3 Å². The van der Waals surface area contributed by atoms with E-state index in [-0.39, 0.29) is 18.1 Å². The zero-order valence-electron chi connectivity index (χ0n) is 15.3. The number of esters is 1. The van der Waals surface area contributed by atoms with Crippen LogP contribution in [0.3, 0.4) is 0 Å². The Hall–Kier alpha value is -3.25. The van der Waals surface area contributed by atoms with Gasteiger partial charge in [-0.2, -0.15) is 0 Å². The second kappa shape index (κ2) is 7.78. The fourth-order valence-electron chi connectivity index (χ4n) is 3.11. The molecule has 28 heavy (non-hydrogen) atoms. The Kier molecular flexibility index (Phi) is 5.04. The first kappa shape index (κ1) is 18.1. The number of H-pyrrole nitrogens is 1. The van der Waals surface area contributed by atoms with Gasteiger partial charge < -0.3 is 9.72 Å². The standard InChI is InChI=1S/C22H18N2O3S/c1-2-14-9-6-10-16-17(11-23-20(14)16)19(25)12-27-22(26)18-13-28-21(24-18)15-7-4-3-5-8-15/h3-11,13,23H,2,12H2,1H3. The first-order chi connectivity index (χ1) is 13.7. The lowest BCUT2D eigenvalue weighted by Gasteiger charge is -2.03. The van der Waals surface area contributed by atoms with E-state index in [1.807, 2.05) is 48.5 Å². The van der Waals surface area contributed by atoms with Gasteiger partial charge in [0.1, 0.15) is 5.01 Å². The largest absolute Gasteiger partial charge is 0.453 e. The number of aromatic amines is 1. The molecule has 0 aliphatic rings. The maximum Gasteiger partial charge on any atom is 0.358 e. The number of hydrogen-bond acceptors (Lipinski definition) is 5. The number of Topliss-reactive ketones (excluding diaryl/α,β-unsaturated/α-hetero) is 1. The number of aryl methyl sites for hydroxylation is 1. The Morgan fingerprint density at radius 2 is 1.93 bits per heavy atom. The lowest BCUT2D eigenvalue weighted by molar-refractivity contribution is 0.0470. The Labute approximate surface area is 166 Å². The van der Waals surface area contributed by atoms with Crippen molar-refractivity contribution in [1.29, 1.82) is 0 Å². The second-order valence-electron chi connectivity index (χ2n) is 6.30. The van der Waals surface area contributed by atoms with Crippen molar-refractivity contribution >= 4 is 34.0 Å². The molecule has 0 unspecified atom stereocenters. The average Bonchev–Trinajstić information content (AvgIpc) is 3.39. The molecule has 2 aromatic carbocycles. The number of aromatic nitrogens is 2. The molecule has 0 saturated heterocycles. The number of nitrogens with one attached hydrogen (secondary N) is 1. The van der Waals surface area contributed by atoms with E-state index in [0.29, 0.717) is 5.56 Å². The van der Waals surface area contributed by atoms with E-state index in [1.54, 1.807) is 11.6 Å². The molecule has 6 heteroatoms. The van der Waals surface area contributed by atoms with Gasteiger partial charge >= 0.3 is 5.97 Å². The minimum atomic E-state index is -0.596. The van der Waals surface area contributed by atoms with Gasteiger partial charge in [0, 0.05) is 33.6 Å². The van der Waals surface area contributed by atoms with Gasteiger partial charge in [-0.3, -0.25) is 4.79 Å².